The third-order valence-corrected chi connectivity index (χ3v) is 3.71. The van der Waals surface area contributed by atoms with Crippen LogP contribution in [0.25, 0.3) is 0 Å². The van der Waals surface area contributed by atoms with Gasteiger partial charge < -0.3 is 5.32 Å². The lowest BCUT2D eigenvalue weighted by atomic mass is 9.85. The second-order valence-electron chi connectivity index (χ2n) is 5.01. The minimum atomic E-state index is 0.367. The van der Waals surface area contributed by atoms with E-state index in [-0.39, 0.29) is 0 Å². The Morgan fingerprint density at radius 1 is 1.31 bits per heavy atom. The maximum atomic E-state index is 4.41. The quantitative estimate of drug-likeness (QED) is 0.842. The number of hydrogen-bond donors (Lipinski definition) is 1. The first-order chi connectivity index (χ1) is 7.77. The summed E-state index contributed by atoms with van der Waals surface area (Å²) in [5, 5.41) is 3.72. The summed E-state index contributed by atoms with van der Waals surface area (Å²) < 4.78 is 0. The first-order valence-electron chi connectivity index (χ1n) is 6.44. The summed E-state index contributed by atoms with van der Waals surface area (Å²) in [6.45, 7) is 4.58. The topological polar surface area (TPSA) is 24.9 Å². The van der Waals surface area contributed by atoms with Crippen LogP contribution in [0.2, 0.25) is 0 Å². The summed E-state index contributed by atoms with van der Waals surface area (Å²) >= 11 is 0. The summed E-state index contributed by atoms with van der Waals surface area (Å²) in [6.07, 6.45) is 7.33. The molecule has 2 heteroatoms. The van der Waals surface area contributed by atoms with Crippen molar-refractivity contribution in [3.8, 4) is 0 Å². The summed E-state index contributed by atoms with van der Waals surface area (Å²) in [4.78, 5) is 4.41. The van der Waals surface area contributed by atoms with Crippen LogP contribution in [-0.2, 0) is 0 Å². The Hall–Kier alpha value is -0.890. The molecule has 88 valence electrons. The Balaban J connectivity index is 1.94. The smallest absolute Gasteiger partial charge is 0.0570 e. The molecule has 2 nitrogen and oxygen atoms in total. The van der Waals surface area contributed by atoms with Crippen LogP contribution in [-0.4, -0.2) is 11.0 Å². The molecule has 1 saturated carbocycles. The molecular weight excluding hydrogens is 196 g/mol. The van der Waals surface area contributed by atoms with Crippen molar-refractivity contribution in [1.29, 1.82) is 0 Å². The van der Waals surface area contributed by atoms with Crippen LogP contribution in [0.15, 0.2) is 24.4 Å². The van der Waals surface area contributed by atoms with Crippen molar-refractivity contribution in [2.24, 2.45) is 5.92 Å². The van der Waals surface area contributed by atoms with E-state index in [9.17, 15) is 0 Å². The molecule has 0 saturated heterocycles. The van der Waals surface area contributed by atoms with Crippen LogP contribution < -0.4 is 5.32 Å². The molecule has 0 radical (unpaired) electrons. The largest absolute Gasteiger partial charge is 0.306 e. The molecular formula is C14H22N2. The number of nitrogens with zero attached hydrogens (tertiary/aromatic N) is 1. The predicted octanol–water partition coefficient (Wildman–Crippen LogP) is 3.31. The van der Waals surface area contributed by atoms with Gasteiger partial charge in [-0.05, 0) is 37.8 Å². The zero-order valence-corrected chi connectivity index (χ0v) is 10.3. The Labute approximate surface area is 98.5 Å². The molecule has 1 aliphatic rings. The highest BCUT2D eigenvalue weighted by Crippen LogP contribution is 2.25. The second-order valence-corrected chi connectivity index (χ2v) is 5.01. The molecule has 1 fully saturated rings. The van der Waals surface area contributed by atoms with Crippen molar-refractivity contribution in [3.05, 3.63) is 30.1 Å². The summed E-state index contributed by atoms with van der Waals surface area (Å²) in [5.41, 5.74) is 1.15. The van der Waals surface area contributed by atoms with Crippen molar-refractivity contribution < 1.29 is 0 Å². The van der Waals surface area contributed by atoms with Crippen molar-refractivity contribution >= 4 is 0 Å². The molecule has 1 aliphatic carbocycles. The lowest BCUT2D eigenvalue weighted by Gasteiger charge is -2.32. The predicted molar refractivity (Wildman–Crippen MR) is 67.2 cm³/mol. The highest BCUT2D eigenvalue weighted by atomic mass is 15.0. The van der Waals surface area contributed by atoms with Gasteiger partial charge >= 0.3 is 0 Å². The fourth-order valence-electron chi connectivity index (χ4n) is 2.60. The third-order valence-electron chi connectivity index (χ3n) is 3.71. The maximum Gasteiger partial charge on any atom is 0.0570 e. The Morgan fingerprint density at radius 2 is 2.12 bits per heavy atom. The fraction of sp³-hybridized carbons (Fsp3) is 0.643. The van der Waals surface area contributed by atoms with E-state index in [0.717, 1.165) is 11.6 Å². The number of aromatic nitrogens is 1. The fourth-order valence-corrected chi connectivity index (χ4v) is 2.60. The van der Waals surface area contributed by atoms with E-state index in [1.165, 1.54) is 25.7 Å². The van der Waals surface area contributed by atoms with Crippen molar-refractivity contribution in [2.75, 3.05) is 0 Å². The van der Waals surface area contributed by atoms with E-state index in [1.54, 1.807) is 0 Å². The maximum absolute atomic E-state index is 4.41. The first-order valence-corrected chi connectivity index (χ1v) is 6.44. The lowest BCUT2D eigenvalue weighted by molar-refractivity contribution is 0.262. The van der Waals surface area contributed by atoms with Crippen LogP contribution in [0.4, 0.5) is 0 Å². The third kappa shape index (κ3) is 2.82. The lowest BCUT2D eigenvalue weighted by Crippen LogP contribution is -2.38. The summed E-state index contributed by atoms with van der Waals surface area (Å²) in [6, 6.07) is 7.17. The number of pyridine rings is 1. The van der Waals surface area contributed by atoms with Gasteiger partial charge in [-0.2, -0.15) is 0 Å². The Morgan fingerprint density at radius 3 is 2.81 bits per heavy atom. The molecule has 0 bridgehead atoms. The molecule has 3 atom stereocenters. The van der Waals surface area contributed by atoms with Gasteiger partial charge in [-0.1, -0.05) is 25.8 Å². The minimum absolute atomic E-state index is 0.367. The van der Waals surface area contributed by atoms with Gasteiger partial charge in [0.15, 0.2) is 0 Å². The Bertz CT molecular complexity index is 310. The average Bonchev–Trinajstić information content (AvgIpc) is 2.33. The van der Waals surface area contributed by atoms with E-state index in [4.69, 9.17) is 0 Å². The molecule has 0 aliphatic heterocycles. The normalized spacial score (nSPS) is 27.6. The van der Waals surface area contributed by atoms with E-state index in [1.807, 2.05) is 12.3 Å². The van der Waals surface area contributed by atoms with E-state index in [2.05, 4.69) is 36.3 Å². The molecule has 1 N–H and O–H groups in total. The molecule has 0 aromatic carbocycles. The molecule has 1 aromatic heterocycles. The van der Waals surface area contributed by atoms with E-state index < -0.39 is 0 Å². The van der Waals surface area contributed by atoms with Crippen molar-refractivity contribution in [1.82, 2.24) is 10.3 Å². The van der Waals surface area contributed by atoms with Gasteiger partial charge in [0.2, 0.25) is 0 Å². The SMILES string of the molecule is CC1CCCCC1N[C@@H](C)c1ccccn1. The van der Waals surface area contributed by atoms with Gasteiger partial charge in [0.25, 0.3) is 0 Å². The van der Waals surface area contributed by atoms with Gasteiger partial charge in [0, 0.05) is 18.3 Å². The molecule has 2 rings (SSSR count). The van der Waals surface area contributed by atoms with Gasteiger partial charge in [0.1, 0.15) is 0 Å². The molecule has 2 unspecified atom stereocenters. The molecule has 1 heterocycles. The van der Waals surface area contributed by atoms with Gasteiger partial charge in [-0.3, -0.25) is 4.98 Å². The molecule has 16 heavy (non-hydrogen) atoms. The Kier molecular flexibility index (Phi) is 3.94. The van der Waals surface area contributed by atoms with Crippen LogP contribution in [0.3, 0.4) is 0 Å². The van der Waals surface area contributed by atoms with Gasteiger partial charge in [-0.25, -0.2) is 0 Å². The van der Waals surface area contributed by atoms with E-state index in [0.29, 0.717) is 12.1 Å². The van der Waals surface area contributed by atoms with Crippen LogP contribution in [0.1, 0.15) is 51.3 Å². The standard InChI is InChI=1S/C14H22N2/c1-11-7-3-4-8-13(11)16-12(2)14-9-5-6-10-15-14/h5-6,9-13,16H,3-4,7-8H2,1-2H3/t11?,12-,13?/m0/s1. The number of nitrogens with one attached hydrogen (secondary N) is 1. The summed E-state index contributed by atoms with van der Waals surface area (Å²) in [5.74, 6) is 0.805. The monoisotopic (exact) mass is 218 g/mol. The zero-order valence-electron chi connectivity index (χ0n) is 10.3. The van der Waals surface area contributed by atoms with Crippen LogP contribution >= 0.6 is 0 Å². The van der Waals surface area contributed by atoms with Crippen molar-refractivity contribution in [3.63, 3.8) is 0 Å². The minimum Gasteiger partial charge on any atom is -0.306 e. The molecule has 1 aromatic rings. The van der Waals surface area contributed by atoms with Gasteiger partial charge in [0.05, 0.1) is 5.69 Å². The number of rotatable bonds is 3. The zero-order chi connectivity index (χ0) is 11.4. The van der Waals surface area contributed by atoms with Gasteiger partial charge in [-0.15, -0.1) is 0 Å². The van der Waals surface area contributed by atoms with E-state index >= 15 is 0 Å². The van der Waals surface area contributed by atoms with Crippen molar-refractivity contribution in [2.45, 2.75) is 51.6 Å². The average molecular weight is 218 g/mol. The summed E-state index contributed by atoms with van der Waals surface area (Å²) in [7, 11) is 0. The number of hydrogen-bond acceptors (Lipinski definition) is 2. The van der Waals surface area contributed by atoms with Crippen LogP contribution in [0, 0.1) is 5.92 Å². The van der Waals surface area contributed by atoms with Crippen LogP contribution in [0.5, 0.6) is 0 Å². The molecule has 0 spiro atoms. The highest BCUT2D eigenvalue weighted by molar-refractivity contribution is 5.08. The second kappa shape index (κ2) is 5.44. The molecule has 0 amide bonds. The first kappa shape index (κ1) is 11.6. The highest BCUT2D eigenvalue weighted by Gasteiger charge is 2.22.